The molecule has 2 N–H and O–H groups in total. The molecule has 2 aliphatic heterocycles. The molecule has 0 aromatic heterocycles. The van der Waals surface area contributed by atoms with Gasteiger partial charge in [-0.2, -0.15) is 0 Å². The topological polar surface area (TPSA) is 88.2 Å². The van der Waals surface area contributed by atoms with E-state index < -0.39 is 5.56 Å². The number of pyridine rings is 1. The maximum absolute atomic E-state index is 11.1. The quantitative estimate of drug-likeness (QED) is 0.541. The average Bonchev–Trinajstić information content (AvgIpc) is 2.12. The molecule has 0 aliphatic carbocycles. The van der Waals surface area contributed by atoms with E-state index in [2.05, 4.69) is 10.2 Å². The lowest BCUT2D eigenvalue weighted by Gasteiger charge is -2.04. The Labute approximate surface area is 72.0 Å². The molecule has 2 rings (SSSR count). The van der Waals surface area contributed by atoms with Crippen molar-refractivity contribution in [3.63, 3.8) is 0 Å². The van der Waals surface area contributed by atoms with Gasteiger partial charge in [-0.05, 0) is 6.07 Å². The number of hydrogen-bond acceptors (Lipinski definition) is 5. The molecule has 0 spiro atoms. The number of aromatic nitrogens is 3. The second-order valence-corrected chi connectivity index (χ2v) is 2.48. The van der Waals surface area contributed by atoms with Crippen molar-refractivity contribution in [3.05, 3.63) is 28.8 Å². The summed E-state index contributed by atoms with van der Waals surface area (Å²) < 4.78 is 0.713. The summed E-state index contributed by atoms with van der Waals surface area (Å²) in [4.78, 5) is 11.1. The van der Waals surface area contributed by atoms with Gasteiger partial charge in [0, 0.05) is 6.20 Å². The Morgan fingerprint density at radius 2 is 2.08 bits per heavy atom. The standard InChI is InChI=1S/C7H5N3O3/c11-6-4-1-2-10(13)3-5(4)7(12)9-8-6/h1-3,11,13H. The van der Waals surface area contributed by atoms with Crippen LogP contribution in [0, 0.1) is 0 Å². The minimum absolute atomic E-state index is 0.123. The van der Waals surface area contributed by atoms with Crippen molar-refractivity contribution < 1.29 is 10.3 Å². The lowest BCUT2D eigenvalue weighted by Crippen LogP contribution is -2.13. The number of nitrogens with zero attached hydrogens (tertiary/aromatic N) is 3. The summed E-state index contributed by atoms with van der Waals surface area (Å²) in [7, 11) is 0. The van der Waals surface area contributed by atoms with Crippen molar-refractivity contribution >= 4 is 0 Å². The van der Waals surface area contributed by atoms with Crippen LogP contribution < -0.4 is 5.56 Å². The first-order valence-corrected chi connectivity index (χ1v) is 3.45. The molecular formula is C7H5N3O3. The van der Waals surface area contributed by atoms with E-state index >= 15 is 0 Å². The Kier molecular flexibility index (Phi) is 1.42. The molecule has 2 aliphatic rings. The highest BCUT2D eigenvalue weighted by atomic mass is 16.5. The first-order valence-electron chi connectivity index (χ1n) is 3.45. The minimum atomic E-state index is -0.587. The van der Waals surface area contributed by atoms with Gasteiger partial charge >= 0.3 is 0 Å². The summed E-state index contributed by atoms with van der Waals surface area (Å²) in [5.41, 5.74) is -0.195. The third kappa shape index (κ3) is 1.08. The lowest BCUT2D eigenvalue weighted by molar-refractivity contribution is 0.184. The Morgan fingerprint density at radius 1 is 1.31 bits per heavy atom. The monoisotopic (exact) mass is 179 g/mol. The largest absolute Gasteiger partial charge is 0.492 e. The van der Waals surface area contributed by atoms with Crippen LogP contribution in [0.5, 0.6) is 5.88 Å². The molecule has 6 nitrogen and oxygen atoms in total. The molecule has 0 radical (unpaired) electrons. The summed E-state index contributed by atoms with van der Waals surface area (Å²) >= 11 is 0. The molecule has 0 aromatic carbocycles. The molecule has 66 valence electrons. The molecular weight excluding hydrogens is 174 g/mol. The Morgan fingerprint density at radius 3 is 2.85 bits per heavy atom. The van der Waals surface area contributed by atoms with Crippen molar-refractivity contribution in [1.82, 2.24) is 14.9 Å². The Hall–Kier alpha value is -2.11. The smallest absolute Gasteiger partial charge is 0.297 e. The highest BCUT2D eigenvalue weighted by molar-refractivity contribution is 5.66. The van der Waals surface area contributed by atoms with Gasteiger partial charge in [0.15, 0.2) is 0 Å². The third-order valence-corrected chi connectivity index (χ3v) is 1.65. The second-order valence-electron chi connectivity index (χ2n) is 2.48. The molecule has 2 heterocycles. The van der Waals surface area contributed by atoms with Gasteiger partial charge in [0.2, 0.25) is 5.88 Å². The van der Waals surface area contributed by atoms with Crippen molar-refractivity contribution in [1.29, 1.82) is 0 Å². The highest BCUT2D eigenvalue weighted by Crippen LogP contribution is 2.23. The van der Waals surface area contributed by atoms with E-state index in [1.54, 1.807) is 0 Å². The summed E-state index contributed by atoms with van der Waals surface area (Å²) in [5, 5.41) is 24.6. The molecule has 0 saturated carbocycles. The predicted octanol–water partition coefficient (Wildman–Crippen LogP) is -0.314. The predicted molar refractivity (Wildman–Crippen MR) is 41.8 cm³/mol. The zero-order chi connectivity index (χ0) is 9.42. The molecule has 13 heavy (non-hydrogen) atoms. The molecule has 0 amide bonds. The van der Waals surface area contributed by atoms with Gasteiger partial charge in [-0.25, -0.2) is 4.73 Å². The van der Waals surface area contributed by atoms with Crippen LogP contribution in [-0.4, -0.2) is 25.2 Å². The normalized spacial score (nSPS) is 10.5. The molecule has 0 fully saturated rings. The first kappa shape index (κ1) is 7.53. The van der Waals surface area contributed by atoms with Gasteiger partial charge in [0.1, 0.15) is 0 Å². The maximum atomic E-state index is 11.1. The van der Waals surface area contributed by atoms with Gasteiger partial charge in [0.25, 0.3) is 5.56 Å². The summed E-state index contributed by atoms with van der Waals surface area (Å²) in [6.07, 6.45) is 2.44. The molecule has 0 bridgehead atoms. The van der Waals surface area contributed by atoms with E-state index in [0.717, 1.165) is 6.20 Å². The maximum Gasteiger partial charge on any atom is 0.297 e. The number of hydrogen-bond donors (Lipinski definition) is 2. The van der Waals surface area contributed by atoms with E-state index in [1.165, 1.54) is 12.3 Å². The fourth-order valence-electron chi connectivity index (χ4n) is 1.05. The lowest BCUT2D eigenvalue weighted by atomic mass is 10.1. The molecule has 6 heteroatoms. The van der Waals surface area contributed by atoms with E-state index in [4.69, 9.17) is 5.21 Å². The number of fused-ring (bicyclic) bond motifs is 1. The van der Waals surface area contributed by atoms with E-state index in [9.17, 15) is 9.90 Å². The van der Waals surface area contributed by atoms with Crippen LogP contribution in [0.25, 0.3) is 11.1 Å². The van der Waals surface area contributed by atoms with Crippen LogP contribution in [0.2, 0.25) is 0 Å². The van der Waals surface area contributed by atoms with Crippen molar-refractivity contribution in [2.45, 2.75) is 0 Å². The van der Waals surface area contributed by atoms with Gasteiger partial charge in [-0.1, -0.05) is 0 Å². The SMILES string of the molecule is O=c1nnc(O)c2ccn(O)cc1-2. The zero-order valence-electron chi connectivity index (χ0n) is 6.38. The molecule has 0 aromatic rings. The minimum Gasteiger partial charge on any atom is -0.492 e. The van der Waals surface area contributed by atoms with Crippen LogP contribution in [0.1, 0.15) is 0 Å². The van der Waals surface area contributed by atoms with Crippen LogP contribution in [0.3, 0.4) is 0 Å². The Balaban J connectivity index is 2.91. The third-order valence-electron chi connectivity index (χ3n) is 1.65. The van der Waals surface area contributed by atoms with Gasteiger partial charge in [0.05, 0.1) is 17.3 Å². The van der Waals surface area contributed by atoms with Gasteiger partial charge in [-0.15, -0.1) is 10.2 Å². The number of rotatable bonds is 0. The van der Waals surface area contributed by atoms with Gasteiger partial charge in [-0.3, -0.25) is 4.79 Å². The fraction of sp³-hybridized carbons (Fsp3) is 0. The van der Waals surface area contributed by atoms with Crippen molar-refractivity contribution in [2.24, 2.45) is 0 Å². The Bertz CT molecular complexity index is 479. The van der Waals surface area contributed by atoms with Crippen LogP contribution >= 0.6 is 0 Å². The summed E-state index contributed by atoms with van der Waals surface area (Å²) in [6.45, 7) is 0. The highest BCUT2D eigenvalue weighted by Gasteiger charge is 2.12. The van der Waals surface area contributed by atoms with Crippen LogP contribution in [0.4, 0.5) is 0 Å². The summed E-state index contributed by atoms with van der Waals surface area (Å²) in [6, 6.07) is 1.38. The molecule has 0 unspecified atom stereocenters. The van der Waals surface area contributed by atoms with Crippen molar-refractivity contribution in [2.75, 3.05) is 0 Å². The van der Waals surface area contributed by atoms with E-state index in [0.29, 0.717) is 4.73 Å². The van der Waals surface area contributed by atoms with E-state index in [-0.39, 0.29) is 17.0 Å². The average molecular weight is 179 g/mol. The molecule has 0 atom stereocenters. The van der Waals surface area contributed by atoms with E-state index in [1.807, 2.05) is 0 Å². The number of aromatic hydroxyl groups is 1. The fourth-order valence-corrected chi connectivity index (χ4v) is 1.05. The first-order chi connectivity index (χ1) is 6.18. The summed E-state index contributed by atoms with van der Waals surface area (Å²) in [5.74, 6) is -0.324. The molecule has 0 saturated heterocycles. The van der Waals surface area contributed by atoms with Crippen molar-refractivity contribution in [3.8, 4) is 17.0 Å². The van der Waals surface area contributed by atoms with Gasteiger partial charge < -0.3 is 10.3 Å². The second kappa shape index (κ2) is 2.44. The van der Waals surface area contributed by atoms with Crippen LogP contribution in [0.15, 0.2) is 23.3 Å². The van der Waals surface area contributed by atoms with Crippen LogP contribution in [-0.2, 0) is 0 Å². The zero-order valence-corrected chi connectivity index (χ0v) is 6.38.